The third-order valence-electron chi connectivity index (χ3n) is 3.80. The second kappa shape index (κ2) is 9.14. The zero-order valence-electron chi connectivity index (χ0n) is 15.6. The molecule has 6 nitrogen and oxygen atoms in total. The van der Waals surface area contributed by atoms with Crippen LogP contribution in [0.4, 0.5) is 11.5 Å². The number of carbonyl (C=O) groups is 2. The number of hydrogen-bond acceptors (Lipinski definition) is 5. The van der Waals surface area contributed by atoms with Crippen molar-refractivity contribution in [1.29, 1.82) is 0 Å². The van der Waals surface area contributed by atoms with Gasteiger partial charge in [-0.3, -0.25) is 9.59 Å². The van der Waals surface area contributed by atoms with Gasteiger partial charge in [0.15, 0.2) is 0 Å². The van der Waals surface area contributed by atoms with E-state index in [0.29, 0.717) is 22.2 Å². The molecule has 28 heavy (non-hydrogen) atoms. The Labute approximate surface area is 167 Å². The van der Waals surface area contributed by atoms with Gasteiger partial charge in [-0.25, -0.2) is 9.97 Å². The Morgan fingerprint density at radius 3 is 2.64 bits per heavy atom. The number of rotatable bonds is 6. The lowest BCUT2D eigenvalue weighted by Gasteiger charge is -2.10. The number of amides is 2. The topological polar surface area (TPSA) is 84.0 Å². The van der Waals surface area contributed by atoms with Crippen LogP contribution in [0.5, 0.6) is 0 Å². The van der Waals surface area contributed by atoms with Crippen molar-refractivity contribution in [2.24, 2.45) is 0 Å². The third-order valence-corrected chi connectivity index (χ3v) is 4.87. The summed E-state index contributed by atoms with van der Waals surface area (Å²) in [6, 6.07) is 14.8. The first-order chi connectivity index (χ1) is 13.5. The molecule has 3 aromatic rings. The molecule has 142 valence electrons. The highest BCUT2D eigenvalue weighted by atomic mass is 32.2. The van der Waals surface area contributed by atoms with E-state index < -0.39 is 0 Å². The van der Waals surface area contributed by atoms with Crippen LogP contribution in [0.2, 0.25) is 0 Å². The van der Waals surface area contributed by atoms with Gasteiger partial charge in [0.25, 0.3) is 5.91 Å². The lowest BCUT2D eigenvalue weighted by atomic mass is 10.2. The van der Waals surface area contributed by atoms with Crippen LogP contribution in [0.25, 0.3) is 0 Å². The van der Waals surface area contributed by atoms with Gasteiger partial charge in [-0.1, -0.05) is 12.1 Å². The maximum Gasteiger partial charge on any atom is 0.258 e. The first-order valence-electron chi connectivity index (χ1n) is 8.69. The van der Waals surface area contributed by atoms with Gasteiger partial charge in [-0.2, -0.15) is 0 Å². The second-order valence-corrected chi connectivity index (χ2v) is 7.16. The summed E-state index contributed by atoms with van der Waals surface area (Å²) in [5, 5.41) is 6.23. The number of anilines is 2. The van der Waals surface area contributed by atoms with Crippen molar-refractivity contribution in [2.45, 2.75) is 24.6 Å². The molecule has 2 aromatic heterocycles. The van der Waals surface area contributed by atoms with Crippen molar-refractivity contribution in [3.05, 3.63) is 77.6 Å². The van der Waals surface area contributed by atoms with Gasteiger partial charge in [0.05, 0.1) is 5.56 Å². The monoisotopic (exact) mass is 392 g/mol. The van der Waals surface area contributed by atoms with Crippen LogP contribution < -0.4 is 10.6 Å². The first-order valence-corrected chi connectivity index (χ1v) is 9.68. The predicted octanol–water partition coefficient (Wildman–Crippen LogP) is 4.29. The minimum Gasteiger partial charge on any atom is -0.322 e. The van der Waals surface area contributed by atoms with Crippen molar-refractivity contribution in [3.63, 3.8) is 0 Å². The molecule has 0 radical (unpaired) electrons. The number of nitrogens with zero attached hydrogens (tertiary/aromatic N) is 2. The average Bonchev–Trinajstić information content (AvgIpc) is 2.66. The molecule has 0 atom stereocenters. The van der Waals surface area contributed by atoms with Crippen molar-refractivity contribution in [1.82, 2.24) is 9.97 Å². The number of benzene rings is 1. The number of carbonyl (C=O) groups excluding carboxylic acids is 2. The lowest BCUT2D eigenvalue weighted by molar-refractivity contribution is -0.114. The van der Waals surface area contributed by atoms with E-state index in [4.69, 9.17) is 0 Å². The Balaban J connectivity index is 1.72. The molecule has 0 bridgehead atoms. The highest BCUT2D eigenvalue weighted by Crippen LogP contribution is 2.25. The van der Waals surface area contributed by atoms with Crippen molar-refractivity contribution >= 4 is 35.1 Å². The summed E-state index contributed by atoms with van der Waals surface area (Å²) in [5.41, 5.74) is 3.31. The zero-order valence-corrected chi connectivity index (χ0v) is 16.4. The van der Waals surface area contributed by atoms with E-state index in [9.17, 15) is 9.59 Å². The number of thioether (sulfide) groups is 1. The predicted molar refractivity (Wildman–Crippen MR) is 111 cm³/mol. The van der Waals surface area contributed by atoms with Gasteiger partial charge < -0.3 is 10.6 Å². The first kappa shape index (κ1) is 19.6. The van der Waals surface area contributed by atoms with Gasteiger partial charge in [0.2, 0.25) is 5.91 Å². The average molecular weight is 392 g/mol. The Morgan fingerprint density at radius 2 is 1.86 bits per heavy atom. The van der Waals surface area contributed by atoms with E-state index in [1.165, 1.54) is 18.7 Å². The number of aryl methyl sites for hydroxylation is 1. The summed E-state index contributed by atoms with van der Waals surface area (Å²) in [4.78, 5) is 32.4. The Morgan fingerprint density at radius 1 is 1.00 bits per heavy atom. The van der Waals surface area contributed by atoms with Crippen molar-refractivity contribution in [3.8, 4) is 0 Å². The van der Waals surface area contributed by atoms with E-state index in [1.54, 1.807) is 24.5 Å². The van der Waals surface area contributed by atoms with Gasteiger partial charge in [-0.15, -0.1) is 11.8 Å². The van der Waals surface area contributed by atoms with Crippen LogP contribution in [0, 0.1) is 6.92 Å². The molecule has 0 saturated heterocycles. The SMILES string of the molecule is CC(=O)Nc1cc(CSc2ncccc2C(=O)Nc2cccc(C)c2)ccn1. The van der Waals surface area contributed by atoms with Crippen LogP contribution >= 0.6 is 11.8 Å². The molecule has 0 saturated carbocycles. The quantitative estimate of drug-likeness (QED) is 0.612. The van der Waals surface area contributed by atoms with Crippen LogP contribution in [-0.2, 0) is 10.5 Å². The number of hydrogen-bond donors (Lipinski definition) is 2. The minimum absolute atomic E-state index is 0.169. The normalized spacial score (nSPS) is 10.4. The van der Waals surface area contributed by atoms with Crippen molar-refractivity contribution < 1.29 is 9.59 Å². The summed E-state index contributed by atoms with van der Waals surface area (Å²) >= 11 is 1.46. The van der Waals surface area contributed by atoms with E-state index in [0.717, 1.165) is 16.8 Å². The fraction of sp³-hybridized carbons (Fsp3) is 0.143. The number of nitrogens with one attached hydrogen (secondary N) is 2. The molecular weight excluding hydrogens is 372 g/mol. The van der Waals surface area contributed by atoms with Gasteiger partial charge in [0.1, 0.15) is 10.8 Å². The Bertz CT molecular complexity index is 1010. The summed E-state index contributed by atoms with van der Waals surface area (Å²) in [5.74, 6) is 0.729. The largest absolute Gasteiger partial charge is 0.322 e. The molecule has 2 heterocycles. The highest BCUT2D eigenvalue weighted by molar-refractivity contribution is 7.98. The van der Waals surface area contributed by atoms with E-state index >= 15 is 0 Å². The molecule has 0 fully saturated rings. The number of aromatic nitrogens is 2. The molecule has 1 aromatic carbocycles. The third kappa shape index (κ3) is 5.40. The van der Waals surface area contributed by atoms with Crippen LogP contribution in [0.1, 0.15) is 28.4 Å². The molecule has 2 amide bonds. The smallest absolute Gasteiger partial charge is 0.258 e. The van der Waals surface area contributed by atoms with Gasteiger partial charge in [0, 0.05) is 30.8 Å². The lowest BCUT2D eigenvalue weighted by Crippen LogP contribution is -2.13. The molecule has 7 heteroatoms. The Hall–Kier alpha value is -3.19. The van der Waals surface area contributed by atoms with Crippen molar-refractivity contribution in [2.75, 3.05) is 10.6 Å². The van der Waals surface area contributed by atoms with E-state index in [2.05, 4.69) is 20.6 Å². The fourth-order valence-electron chi connectivity index (χ4n) is 2.56. The summed E-state index contributed by atoms with van der Waals surface area (Å²) in [7, 11) is 0. The highest BCUT2D eigenvalue weighted by Gasteiger charge is 2.13. The second-order valence-electron chi connectivity index (χ2n) is 6.20. The Kier molecular flexibility index (Phi) is 6.39. The molecule has 2 N–H and O–H groups in total. The van der Waals surface area contributed by atoms with Crippen LogP contribution in [-0.4, -0.2) is 21.8 Å². The van der Waals surface area contributed by atoms with Gasteiger partial charge >= 0.3 is 0 Å². The summed E-state index contributed by atoms with van der Waals surface area (Å²) in [6.07, 6.45) is 3.31. The van der Waals surface area contributed by atoms with Crippen LogP contribution in [0.15, 0.2) is 66.0 Å². The molecule has 0 aliphatic rings. The molecule has 0 unspecified atom stereocenters. The fourth-order valence-corrected chi connectivity index (χ4v) is 3.50. The van der Waals surface area contributed by atoms with Gasteiger partial charge in [-0.05, 0) is 54.4 Å². The molecule has 0 aliphatic heterocycles. The summed E-state index contributed by atoms with van der Waals surface area (Å²) in [6.45, 7) is 3.42. The van der Waals surface area contributed by atoms with E-state index in [1.807, 2.05) is 43.3 Å². The number of pyridine rings is 2. The molecule has 3 rings (SSSR count). The zero-order chi connectivity index (χ0) is 19.9. The van der Waals surface area contributed by atoms with E-state index in [-0.39, 0.29) is 11.8 Å². The molecule has 0 aliphatic carbocycles. The standard InChI is InChI=1S/C21H20N4O2S/c1-14-5-3-6-17(11-14)25-20(27)18-7-4-9-23-21(18)28-13-16-8-10-22-19(12-16)24-15(2)26/h3-12H,13H2,1-2H3,(H,25,27)(H,22,24,26). The molecular formula is C21H20N4O2S. The maximum atomic E-state index is 12.7. The van der Waals surface area contributed by atoms with Crippen LogP contribution in [0.3, 0.4) is 0 Å². The molecule has 0 spiro atoms. The minimum atomic E-state index is -0.199. The summed E-state index contributed by atoms with van der Waals surface area (Å²) < 4.78 is 0. The maximum absolute atomic E-state index is 12.7.